The van der Waals surface area contributed by atoms with Crippen molar-refractivity contribution in [1.82, 2.24) is 16.0 Å². The lowest BCUT2D eigenvalue weighted by Gasteiger charge is -2.21. The van der Waals surface area contributed by atoms with E-state index in [1.807, 2.05) is 0 Å². The molecule has 11 nitrogen and oxygen atoms in total. The van der Waals surface area contributed by atoms with E-state index in [9.17, 15) is 24.0 Å². The lowest BCUT2D eigenvalue weighted by molar-refractivity contribution is -0.141. The Hall–Kier alpha value is -2.34. The lowest BCUT2D eigenvalue weighted by Crippen LogP contribution is -2.56. The molecule has 0 heterocycles. The number of carbonyl (C=O) groups is 5. The number of nitrogens with one attached hydrogen (secondary N) is 3. The van der Waals surface area contributed by atoms with Crippen molar-refractivity contribution < 1.29 is 29.1 Å². The minimum Gasteiger partial charge on any atom is -0.480 e. The van der Waals surface area contributed by atoms with Crippen LogP contribution in [0, 0.1) is 0 Å². The number of hydrogen-bond acceptors (Lipinski definition) is 7. The Morgan fingerprint density at radius 3 is 2.00 bits per heavy atom. The summed E-state index contributed by atoms with van der Waals surface area (Å²) >= 11 is 3.78. The standard InChI is InChI=1S/C12H21N5O6S/c1-5(15-9(19)3-13)10(20)16-6(2-8(14)18)11(21)17-7(4-24)12(22)23/h5-7,24H,2-4,13H2,1H3,(H2,14,18)(H,15,19)(H,16,20)(H,17,21)(H,22,23). The number of hydrogen-bond donors (Lipinski definition) is 7. The zero-order valence-electron chi connectivity index (χ0n) is 12.9. The van der Waals surface area contributed by atoms with Crippen LogP contribution in [0.2, 0.25) is 0 Å². The second-order valence-corrected chi connectivity index (χ2v) is 5.17. The molecular weight excluding hydrogens is 342 g/mol. The Morgan fingerprint density at radius 2 is 1.58 bits per heavy atom. The Balaban J connectivity index is 4.96. The van der Waals surface area contributed by atoms with Gasteiger partial charge in [0.2, 0.25) is 23.6 Å². The number of thiol groups is 1. The van der Waals surface area contributed by atoms with Gasteiger partial charge >= 0.3 is 5.97 Å². The summed E-state index contributed by atoms with van der Waals surface area (Å²) in [6.07, 6.45) is -0.548. The van der Waals surface area contributed by atoms with Crippen molar-refractivity contribution in [1.29, 1.82) is 0 Å². The Labute approximate surface area is 143 Å². The first-order valence-corrected chi connectivity index (χ1v) is 7.47. The molecule has 0 spiro atoms. The van der Waals surface area contributed by atoms with Crippen LogP contribution in [0.25, 0.3) is 0 Å². The van der Waals surface area contributed by atoms with E-state index >= 15 is 0 Å². The number of primary amides is 1. The largest absolute Gasteiger partial charge is 0.480 e. The van der Waals surface area contributed by atoms with Crippen LogP contribution in [0.1, 0.15) is 13.3 Å². The van der Waals surface area contributed by atoms with Crippen molar-refractivity contribution in [2.24, 2.45) is 11.5 Å². The molecule has 12 heteroatoms. The van der Waals surface area contributed by atoms with E-state index in [4.69, 9.17) is 16.6 Å². The number of carboxylic acid groups (broad SMARTS) is 1. The van der Waals surface area contributed by atoms with Gasteiger partial charge in [-0.05, 0) is 6.92 Å². The van der Waals surface area contributed by atoms with Crippen molar-refractivity contribution in [3.63, 3.8) is 0 Å². The number of amides is 4. The molecule has 0 bridgehead atoms. The van der Waals surface area contributed by atoms with Gasteiger partial charge in [-0.3, -0.25) is 19.2 Å². The Bertz CT molecular complexity index is 514. The molecule has 3 atom stereocenters. The summed E-state index contributed by atoms with van der Waals surface area (Å²) in [6.45, 7) is 1.01. The molecule has 24 heavy (non-hydrogen) atoms. The highest BCUT2D eigenvalue weighted by Crippen LogP contribution is 1.97. The van der Waals surface area contributed by atoms with Gasteiger partial charge in [0.05, 0.1) is 13.0 Å². The molecule has 0 fully saturated rings. The smallest absolute Gasteiger partial charge is 0.327 e. The van der Waals surface area contributed by atoms with Crippen molar-refractivity contribution in [3.8, 4) is 0 Å². The first-order chi connectivity index (χ1) is 11.1. The summed E-state index contributed by atoms with van der Waals surface area (Å²) in [5.41, 5.74) is 10.1. The summed E-state index contributed by atoms with van der Waals surface area (Å²) in [5.74, 6) is -4.68. The van der Waals surface area contributed by atoms with Crippen LogP contribution in [0.3, 0.4) is 0 Å². The van der Waals surface area contributed by atoms with Gasteiger partial charge in [0, 0.05) is 5.75 Å². The molecule has 136 valence electrons. The summed E-state index contributed by atoms with van der Waals surface area (Å²) < 4.78 is 0. The molecule has 0 aliphatic heterocycles. The molecule has 0 aliphatic rings. The maximum atomic E-state index is 12.1. The van der Waals surface area contributed by atoms with E-state index in [1.54, 1.807) is 0 Å². The van der Waals surface area contributed by atoms with Crippen LogP contribution in [0.5, 0.6) is 0 Å². The number of carbonyl (C=O) groups excluding carboxylic acids is 4. The van der Waals surface area contributed by atoms with Gasteiger partial charge in [-0.25, -0.2) is 4.79 Å². The molecule has 4 amide bonds. The normalized spacial score (nSPS) is 14.0. The van der Waals surface area contributed by atoms with Crippen LogP contribution in [-0.4, -0.2) is 65.1 Å². The maximum absolute atomic E-state index is 12.1. The predicted molar refractivity (Wildman–Crippen MR) is 85.8 cm³/mol. The molecular formula is C12H21N5O6S. The number of aliphatic carboxylic acids is 1. The van der Waals surface area contributed by atoms with Crippen LogP contribution in [-0.2, 0) is 24.0 Å². The first-order valence-electron chi connectivity index (χ1n) is 6.84. The number of carboxylic acids is 1. The number of rotatable bonds is 10. The number of nitrogens with two attached hydrogens (primary N) is 2. The molecule has 0 aromatic heterocycles. The monoisotopic (exact) mass is 363 g/mol. The molecule has 0 saturated heterocycles. The fourth-order valence-corrected chi connectivity index (χ4v) is 1.78. The van der Waals surface area contributed by atoms with Gasteiger partial charge in [-0.2, -0.15) is 12.6 Å². The average molecular weight is 363 g/mol. The van der Waals surface area contributed by atoms with E-state index in [0.29, 0.717) is 0 Å². The van der Waals surface area contributed by atoms with Gasteiger partial charge in [-0.1, -0.05) is 0 Å². The molecule has 0 saturated carbocycles. The lowest BCUT2D eigenvalue weighted by atomic mass is 10.1. The van der Waals surface area contributed by atoms with E-state index in [0.717, 1.165) is 0 Å². The highest BCUT2D eigenvalue weighted by Gasteiger charge is 2.28. The van der Waals surface area contributed by atoms with Crippen LogP contribution in [0.4, 0.5) is 0 Å². The molecule has 0 rings (SSSR count). The van der Waals surface area contributed by atoms with E-state index in [2.05, 4.69) is 28.6 Å². The minimum absolute atomic E-state index is 0.193. The molecule has 0 aromatic rings. The van der Waals surface area contributed by atoms with E-state index in [-0.39, 0.29) is 12.3 Å². The predicted octanol–water partition coefficient (Wildman–Crippen LogP) is -3.69. The van der Waals surface area contributed by atoms with Crippen LogP contribution in [0.15, 0.2) is 0 Å². The average Bonchev–Trinajstić information content (AvgIpc) is 2.50. The third-order valence-electron chi connectivity index (χ3n) is 2.79. The molecule has 0 aromatic carbocycles. The Kier molecular flexibility index (Phi) is 9.42. The van der Waals surface area contributed by atoms with E-state index in [1.165, 1.54) is 6.92 Å². The molecule has 0 radical (unpaired) electrons. The third-order valence-corrected chi connectivity index (χ3v) is 3.16. The van der Waals surface area contributed by atoms with Crippen molar-refractivity contribution in [2.75, 3.05) is 12.3 Å². The van der Waals surface area contributed by atoms with Gasteiger partial charge in [0.25, 0.3) is 0 Å². The van der Waals surface area contributed by atoms with E-state index < -0.39 is 54.1 Å². The van der Waals surface area contributed by atoms with Crippen LogP contribution < -0.4 is 27.4 Å². The van der Waals surface area contributed by atoms with Gasteiger partial charge in [-0.15, -0.1) is 0 Å². The van der Waals surface area contributed by atoms with Crippen LogP contribution >= 0.6 is 12.6 Å². The highest BCUT2D eigenvalue weighted by molar-refractivity contribution is 7.80. The topological polar surface area (TPSA) is 194 Å². The molecule has 3 unspecified atom stereocenters. The van der Waals surface area contributed by atoms with Gasteiger partial charge < -0.3 is 32.5 Å². The minimum atomic E-state index is -1.39. The summed E-state index contributed by atoms with van der Waals surface area (Å²) in [4.78, 5) is 57.1. The third kappa shape index (κ3) is 7.78. The second kappa shape index (κ2) is 10.4. The van der Waals surface area contributed by atoms with Crippen molar-refractivity contribution in [3.05, 3.63) is 0 Å². The second-order valence-electron chi connectivity index (χ2n) is 4.81. The quantitative estimate of drug-likeness (QED) is 0.194. The zero-order chi connectivity index (χ0) is 18.9. The molecule has 8 N–H and O–H groups in total. The SMILES string of the molecule is CC(NC(=O)CN)C(=O)NC(CC(N)=O)C(=O)NC(CS)C(=O)O. The summed E-state index contributed by atoms with van der Waals surface area (Å²) in [7, 11) is 0. The fourth-order valence-electron chi connectivity index (χ4n) is 1.53. The maximum Gasteiger partial charge on any atom is 0.327 e. The Morgan fingerprint density at radius 1 is 1.04 bits per heavy atom. The van der Waals surface area contributed by atoms with Crippen molar-refractivity contribution >= 4 is 42.2 Å². The van der Waals surface area contributed by atoms with Crippen molar-refractivity contribution in [2.45, 2.75) is 31.5 Å². The van der Waals surface area contributed by atoms with Gasteiger partial charge in [0.1, 0.15) is 18.1 Å². The summed E-state index contributed by atoms with van der Waals surface area (Å²) in [6, 6.07) is -3.72. The summed E-state index contributed by atoms with van der Waals surface area (Å²) in [5, 5.41) is 15.5. The highest BCUT2D eigenvalue weighted by atomic mass is 32.1. The zero-order valence-corrected chi connectivity index (χ0v) is 13.8. The molecule has 0 aliphatic carbocycles. The fraction of sp³-hybridized carbons (Fsp3) is 0.583. The first kappa shape index (κ1) is 21.7. The van der Waals surface area contributed by atoms with Gasteiger partial charge in [0.15, 0.2) is 0 Å².